The second-order valence-corrected chi connectivity index (χ2v) is 5.80. The molecule has 1 aliphatic rings. The van der Waals surface area contributed by atoms with Crippen molar-refractivity contribution in [1.82, 2.24) is 10.2 Å². The molecule has 2 atom stereocenters. The molecule has 0 aromatic carbocycles. The molecule has 1 amide bonds. The van der Waals surface area contributed by atoms with Crippen molar-refractivity contribution in [3.05, 3.63) is 0 Å². The summed E-state index contributed by atoms with van der Waals surface area (Å²) in [5.74, 6) is 1.03. The number of hydrogen-bond acceptors (Lipinski definition) is 2. The average molecular weight is 254 g/mol. The van der Waals surface area contributed by atoms with Crippen molar-refractivity contribution >= 4 is 5.91 Å². The summed E-state index contributed by atoms with van der Waals surface area (Å²) in [5.41, 5.74) is 0. The predicted octanol–water partition coefficient (Wildman–Crippen LogP) is 2.80. The Bertz CT molecular complexity index is 247. The van der Waals surface area contributed by atoms with E-state index in [0.29, 0.717) is 12.1 Å². The van der Waals surface area contributed by atoms with E-state index in [4.69, 9.17) is 0 Å². The van der Waals surface area contributed by atoms with Gasteiger partial charge in [0.15, 0.2) is 0 Å². The molecule has 0 bridgehead atoms. The van der Waals surface area contributed by atoms with Gasteiger partial charge >= 0.3 is 0 Å². The minimum absolute atomic E-state index is 0.222. The molecule has 0 aromatic rings. The first-order chi connectivity index (χ1) is 8.56. The van der Waals surface area contributed by atoms with Gasteiger partial charge in [-0.15, -0.1) is 0 Å². The zero-order valence-corrected chi connectivity index (χ0v) is 12.5. The van der Waals surface area contributed by atoms with E-state index in [1.807, 2.05) is 4.90 Å². The Morgan fingerprint density at radius 1 is 1.28 bits per heavy atom. The summed E-state index contributed by atoms with van der Waals surface area (Å²) in [4.78, 5) is 13.2. The Morgan fingerprint density at radius 3 is 2.33 bits per heavy atom. The number of nitrogens with one attached hydrogen (secondary N) is 1. The summed E-state index contributed by atoms with van der Waals surface area (Å²) in [7, 11) is 0. The standard InChI is InChI=1S/C15H30N2O/c1-5-12(3)11-14(6-2)16-15-7-9-17(10-8-15)13(4)18/h12,14-16H,5-11H2,1-4H3. The third kappa shape index (κ3) is 4.97. The van der Waals surface area contributed by atoms with E-state index in [2.05, 4.69) is 26.1 Å². The molecule has 1 rings (SSSR count). The van der Waals surface area contributed by atoms with Gasteiger partial charge in [0.05, 0.1) is 0 Å². The van der Waals surface area contributed by atoms with Crippen LogP contribution < -0.4 is 5.32 Å². The van der Waals surface area contributed by atoms with E-state index >= 15 is 0 Å². The molecule has 3 nitrogen and oxygen atoms in total. The lowest BCUT2D eigenvalue weighted by molar-refractivity contribution is -0.129. The molecule has 0 spiro atoms. The van der Waals surface area contributed by atoms with Gasteiger partial charge in [0.2, 0.25) is 5.91 Å². The number of piperidine rings is 1. The lowest BCUT2D eigenvalue weighted by Crippen LogP contribution is -2.47. The molecule has 2 unspecified atom stereocenters. The third-order valence-corrected chi connectivity index (χ3v) is 4.29. The van der Waals surface area contributed by atoms with Crippen molar-refractivity contribution in [3.8, 4) is 0 Å². The Labute approximate surface area is 112 Å². The average Bonchev–Trinajstić information content (AvgIpc) is 2.38. The molecule has 18 heavy (non-hydrogen) atoms. The number of nitrogens with zero attached hydrogens (tertiary/aromatic N) is 1. The minimum atomic E-state index is 0.222. The predicted molar refractivity (Wildman–Crippen MR) is 76.6 cm³/mol. The minimum Gasteiger partial charge on any atom is -0.343 e. The Kier molecular flexibility index (Phi) is 6.69. The molecule has 106 valence electrons. The van der Waals surface area contributed by atoms with E-state index in [-0.39, 0.29) is 5.91 Å². The molecule has 0 aromatic heterocycles. The number of likely N-dealkylation sites (tertiary alicyclic amines) is 1. The largest absolute Gasteiger partial charge is 0.343 e. The molecule has 0 radical (unpaired) electrons. The van der Waals surface area contributed by atoms with Crippen molar-refractivity contribution < 1.29 is 4.79 Å². The number of carbonyl (C=O) groups is 1. The molecule has 0 aliphatic carbocycles. The second kappa shape index (κ2) is 7.78. The molecule has 3 heteroatoms. The van der Waals surface area contributed by atoms with E-state index < -0.39 is 0 Å². The smallest absolute Gasteiger partial charge is 0.219 e. The van der Waals surface area contributed by atoms with Crippen molar-refractivity contribution in [1.29, 1.82) is 0 Å². The highest BCUT2D eigenvalue weighted by molar-refractivity contribution is 5.73. The van der Waals surface area contributed by atoms with Crippen molar-refractivity contribution in [2.75, 3.05) is 13.1 Å². The van der Waals surface area contributed by atoms with Crippen LogP contribution in [0.5, 0.6) is 0 Å². The summed E-state index contributed by atoms with van der Waals surface area (Å²) in [5, 5.41) is 3.79. The highest BCUT2D eigenvalue weighted by Crippen LogP contribution is 2.16. The Balaban J connectivity index is 2.31. The molecular formula is C15H30N2O. The van der Waals surface area contributed by atoms with Gasteiger partial charge in [-0.2, -0.15) is 0 Å². The molecule has 1 heterocycles. The van der Waals surface area contributed by atoms with Gasteiger partial charge in [0.1, 0.15) is 0 Å². The maximum Gasteiger partial charge on any atom is 0.219 e. The Morgan fingerprint density at radius 2 is 1.89 bits per heavy atom. The van der Waals surface area contributed by atoms with Crippen LogP contribution in [0.1, 0.15) is 59.8 Å². The van der Waals surface area contributed by atoms with Crippen LogP contribution in [0, 0.1) is 5.92 Å². The van der Waals surface area contributed by atoms with Gasteiger partial charge < -0.3 is 10.2 Å². The molecule has 1 N–H and O–H groups in total. The van der Waals surface area contributed by atoms with Crippen LogP contribution in [-0.4, -0.2) is 36.0 Å². The van der Waals surface area contributed by atoms with E-state index in [0.717, 1.165) is 31.8 Å². The van der Waals surface area contributed by atoms with E-state index in [9.17, 15) is 4.79 Å². The first-order valence-electron chi connectivity index (χ1n) is 7.58. The van der Waals surface area contributed by atoms with Gasteiger partial charge in [-0.3, -0.25) is 4.79 Å². The van der Waals surface area contributed by atoms with Crippen LogP contribution in [0.4, 0.5) is 0 Å². The van der Waals surface area contributed by atoms with Crippen molar-refractivity contribution in [3.63, 3.8) is 0 Å². The number of rotatable bonds is 6. The number of hydrogen-bond donors (Lipinski definition) is 1. The normalized spacial score (nSPS) is 20.8. The fraction of sp³-hybridized carbons (Fsp3) is 0.933. The lowest BCUT2D eigenvalue weighted by Gasteiger charge is -2.34. The highest BCUT2D eigenvalue weighted by Gasteiger charge is 2.22. The second-order valence-electron chi connectivity index (χ2n) is 5.80. The molecular weight excluding hydrogens is 224 g/mol. The maximum absolute atomic E-state index is 11.3. The highest BCUT2D eigenvalue weighted by atomic mass is 16.2. The Hall–Kier alpha value is -0.570. The van der Waals surface area contributed by atoms with Crippen LogP contribution in [0.3, 0.4) is 0 Å². The third-order valence-electron chi connectivity index (χ3n) is 4.29. The SMILES string of the molecule is CCC(C)CC(CC)NC1CCN(C(C)=O)CC1. The molecule has 1 fully saturated rings. The quantitative estimate of drug-likeness (QED) is 0.790. The first-order valence-corrected chi connectivity index (χ1v) is 7.58. The topological polar surface area (TPSA) is 32.3 Å². The summed E-state index contributed by atoms with van der Waals surface area (Å²) in [6, 6.07) is 1.25. The first kappa shape index (κ1) is 15.5. The molecule has 0 saturated carbocycles. The van der Waals surface area contributed by atoms with Gasteiger partial charge in [-0.1, -0.05) is 27.2 Å². The zero-order chi connectivity index (χ0) is 13.5. The lowest BCUT2D eigenvalue weighted by atomic mass is 9.95. The van der Waals surface area contributed by atoms with Gasteiger partial charge in [-0.25, -0.2) is 0 Å². The molecule has 1 aliphatic heterocycles. The van der Waals surface area contributed by atoms with Crippen LogP contribution in [-0.2, 0) is 4.79 Å². The zero-order valence-electron chi connectivity index (χ0n) is 12.5. The van der Waals surface area contributed by atoms with Crippen LogP contribution in [0.2, 0.25) is 0 Å². The van der Waals surface area contributed by atoms with Gasteiger partial charge in [-0.05, 0) is 31.6 Å². The number of carbonyl (C=O) groups excluding carboxylic acids is 1. The monoisotopic (exact) mass is 254 g/mol. The fourth-order valence-corrected chi connectivity index (χ4v) is 2.70. The maximum atomic E-state index is 11.3. The van der Waals surface area contributed by atoms with Gasteiger partial charge in [0.25, 0.3) is 0 Å². The van der Waals surface area contributed by atoms with E-state index in [1.165, 1.54) is 19.3 Å². The van der Waals surface area contributed by atoms with Crippen LogP contribution >= 0.6 is 0 Å². The van der Waals surface area contributed by atoms with Crippen LogP contribution in [0.25, 0.3) is 0 Å². The van der Waals surface area contributed by atoms with Crippen LogP contribution in [0.15, 0.2) is 0 Å². The van der Waals surface area contributed by atoms with E-state index in [1.54, 1.807) is 6.92 Å². The van der Waals surface area contributed by atoms with Gasteiger partial charge in [0, 0.05) is 32.1 Å². The number of amides is 1. The summed E-state index contributed by atoms with van der Waals surface area (Å²) >= 11 is 0. The summed E-state index contributed by atoms with van der Waals surface area (Å²) in [6.07, 6.45) is 5.96. The van der Waals surface area contributed by atoms with Crippen molar-refractivity contribution in [2.45, 2.75) is 71.9 Å². The molecule has 1 saturated heterocycles. The summed E-state index contributed by atoms with van der Waals surface area (Å²) < 4.78 is 0. The summed E-state index contributed by atoms with van der Waals surface area (Å²) in [6.45, 7) is 10.4. The fourth-order valence-electron chi connectivity index (χ4n) is 2.70. The van der Waals surface area contributed by atoms with Crippen molar-refractivity contribution in [2.24, 2.45) is 5.92 Å².